The normalized spacial score (nSPS) is 10.8. The molecule has 102 valence electrons. The summed E-state index contributed by atoms with van der Waals surface area (Å²) in [5.41, 5.74) is 0.858. The first-order valence-corrected chi connectivity index (χ1v) is 7.94. The molecule has 0 atom stereocenters. The molecule has 20 heavy (non-hydrogen) atoms. The van der Waals surface area contributed by atoms with E-state index in [4.69, 9.17) is 5.26 Å². The molecule has 0 saturated heterocycles. The lowest BCUT2D eigenvalue weighted by Crippen LogP contribution is -2.26. The lowest BCUT2D eigenvalue weighted by Gasteiger charge is -2.20. The van der Waals surface area contributed by atoms with Crippen molar-refractivity contribution in [2.24, 2.45) is 0 Å². The van der Waals surface area contributed by atoms with Gasteiger partial charge in [-0.25, -0.2) is 8.42 Å². The third-order valence-electron chi connectivity index (χ3n) is 2.81. The minimum atomic E-state index is -3.67. The fourth-order valence-electron chi connectivity index (χ4n) is 1.71. The minimum absolute atomic E-state index is 0.185. The number of hydrogen-bond acceptors (Lipinski definition) is 3. The Bertz CT molecular complexity index is 782. The van der Waals surface area contributed by atoms with Crippen molar-refractivity contribution in [2.45, 2.75) is 4.90 Å². The van der Waals surface area contributed by atoms with Crippen LogP contribution < -0.4 is 4.31 Å². The average molecular weight is 351 g/mol. The van der Waals surface area contributed by atoms with Crippen LogP contribution in [-0.2, 0) is 10.0 Å². The predicted molar refractivity (Wildman–Crippen MR) is 80.9 cm³/mol. The molecule has 0 heterocycles. The van der Waals surface area contributed by atoms with Crippen LogP contribution in [0.4, 0.5) is 5.69 Å². The van der Waals surface area contributed by atoms with Gasteiger partial charge in [0, 0.05) is 11.5 Å². The monoisotopic (exact) mass is 350 g/mol. The van der Waals surface area contributed by atoms with Crippen molar-refractivity contribution in [2.75, 3.05) is 11.4 Å². The molecule has 0 bridgehead atoms. The van der Waals surface area contributed by atoms with Gasteiger partial charge in [0.05, 0.1) is 17.3 Å². The summed E-state index contributed by atoms with van der Waals surface area (Å²) < 4.78 is 26.8. The molecule has 0 radical (unpaired) electrons. The molecule has 2 rings (SSSR count). The van der Waals surface area contributed by atoms with Crippen molar-refractivity contribution in [1.82, 2.24) is 0 Å². The first-order valence-electron chi connectivity index (χ1n) is 5.70. The highest BCUT2D eigenvalue weighted by atomic mass is 79.9. The van der Waals surface area contributed by atoms with Gasteiger partial charge in [-0.2, -0.15) is 5.26 Å². The van der Waals surface area contributed by atoms with E-state index in [1.807, 2.05) is 6.07 Å². The second kappa shape index (κ2) is 5.65. The van der Waals surface area contributed by atoms with E-state index in [-0.39, 0.29) is 4.90 Å². The molecular weight excluding hydrogens is 340 g/mol. The summed E-state index contributed by atoms with van der Waals surface area (Å²) in [6.07, 6.45) is 0. The molecule has 0 spiro atoms. The molecule has 0 N–H and O–H groups in total. The second-order valence-corrected chi connectivity index (χ2v) is 6.86. The second-order valence-electron chi connectivity index (χ2n) is 4.07. The van der Waals surface area contributed by atoms with Crippen molar-refractivity contribution >= 4 is 31.6 Å². The van der Waals surface area contributed by atoms with Crippen LogP contribution in [0.15, 0.2) is 57.9 Å². The van der Waals surface area contributed by atoms with Gasteiger partial charge in [-0.1, -0.05) is 18.2 Å². The Morgan fingerprint density at radius 1 is 1.15 bits per heavy atom. The van der Waals surface area contributed by atoms with E-state index in [1.165, 1.54) is 19.2 Å². The van der Waals surface area contributed by atoms with Gasteiger partial charge in [0.25, 0.3) is 10.0 Å². The van der Waals surface area contributed by atoms with Crippen LogP contribution in [0.2, 0.25) is 0 Å². The average Bonchev–Trinajstić information content (AvgIpc) is 2.46. The summed E-state index contributed by atoms with van der Waals surface area (Å²) in [5, 5.41) is 8.88. The zero-order chi connectivity index (χ0) is 14.8. The fraction of sp³-hybridized carbons (Fsp3) is 0.0714. The van der Waals surface area contributed by atoms with E-state index in [9.17, 15) is 8.42 Å². The van der Waals surface area contributed by atoms with Crippen molar-refractivity contribution in [3.63, 3.8) is 0 Å². The molecule has 2 aromatic rings. The Labute approximate surface area is 126 Å². The maximum Gasteiger partial charge on any atom is 0.265 e. The molecular formula is C14H11BrN2O2S. The van der Waals surface area contributed by atoms with Gasteiger partial charge in [0.15, 0.2) is 0 Å². The van der Waals surface area contributed by atoms with E-state index in [1.54, 1.807) is 36.4 Å². The quantitative estimate of drug-likeness (QED) is 0.854. The minimum Gasteiger partial charge on any atom is -0.269 e. The molecule has 4 nitrogen and oxygen atoms in total. The van der Waals surface area contributed by atoms with E-state index in [2.05, 4.69) is 15.9 Å². The van der Waals surface area contributed by atoms with Gasteiger partial charge in [-0.05, 0) is 46.3 Å². The smallest absolute Gasteiger partial charge is 0.265 e. The number of rotatable bonds is 3. The van der Waals surface area contributed by atoms with Crippen LogP contribution in [0.3, 0.4) is 0 Å². The molecule has 2 aromatic carbocycles. The van der Waals surface area contributed by atoms with Gasteiger partial charge in [0.1, 0.15) is 4.90 Å². The number of nitrogens with zero attached hydrogens (tertiary/aromatic N) is 2. The standard InChI is InChI=1S/C14H11BrN2O2S/c1-17(12-6-4-5-11(9-12)10-16)20(18,19)14-8-3-2-7-13(14)15/h2-9H,1H3. The Morgan fingerprint density at radius 3 is 2.50 bits per heavy atom. The number of sulfonamides is 1. The van der Waals surface area contributed by atoms with Crippen LogP contribution >= 0.6 is 15.9 Å². The van der Waals surface area contributed by atoms with E-state index >= 15 is 0 Å². The van der Waals surface area contributed by atoms with Gasteiger partial charge in [-0.3, -0.25) is 4.31 Å². The van der Waals surface area contributed by atoms with E-state index < -0.39 is 10.0 Å². The molecule has 0 aliphatic rings. The topological polar surface area (TPSA) is 61.2 Å². The Morgan fingerprint density at radius 2 is 1.85 bits per heavy atom. The number of halogens is 1. The molecule has 0 aliphatic heterocycles. The summed E-state index contributed by atoms with van der Waals surface area (Å²) in [5.74, 6) is 0. The number of nitriles is 1. The molecule has 0 saturated carbocycles. The highest BCUT2D eigenvalue weighted by Crippen LogP contribution is 2.27. The highest BCUT2D eigenvalue weighted by Gasteiger charge is 2.23. The lowest BCUT2D eigenvalue weighted by molar-refractivity contribution is 0.594. The van der Waals surface area contributed by atoms with E-state index in [0.717, 1.165) is 4.31 Å². The fourth-order valence-corrected chi connectivity index (χ4v) is 3.86. The predicted octanol–water partition coefficient (Wildman–Crippen LogP) is 3.15. The van der Waals surface area contributed by atoms with Crippen LogP contribution in [0.25, 0.3) is 0 Å². The third kappa shape index (κ3) is 2.69. The van der Waals surface area contributed by atoms with Crippen molar-refractivity contribution < 1.29 is 8.42 Å². The summed E-state index contributed by atoms with van der Waals surface area (Å²) in [6.45, 7) is 0. The maximum atomic E-state index is 12.6. The summed E-state index contributed by atoms with van der Waals surface area (Å²) in [4.78, 5) is 0.185. The summed E-state index contributed by atoms with van der Waals surface area (Å²) in [7, 11) is -2.21. The number of benzene rings is 2. The van der Waals surface area contributed by atoms with Crippen molar-refractivity contribution in [3.8, 4) is 6.07 Å². The van der Waals surface area contributed by atoms with Gasteiger partial charge < -0.3 is 0 Å². The van der Waals surface area contributed by atoms with Crippen LogP contribution in [0.5, 0.6) is 0 Å². The Hall–Kier alpha value is -1.84. The van der Waals surface area contributed by atoms with E-state index in [0.29, 0.717) is 15.7 Å². The molecule has 0 aromatic heterocycles. The third-order valence-corrected chi connectivity index (χ3v) is 5.61. The Balaban J connectivity index is 2.49. The Kier molecular flexibility index (Phi) is 4.12. The summed E-state index contributed by atoms with van der Waals surface area (Å²) in [6, 6.07) is 15.1. The molecule has 6 heteroatoms. The van der Waals surface area contributed by atoms with Crippen LogP contribution in [0.1, 0.15) is 5.56 Å². The molecule has 0 fully saturated rings. The first-order chi connectivity index (χ1) is 9.46. The van der Waals surface area contributed by atoms with Gasteiger partial charge in [0.2, 0.25) is 0 Å². The summed E-state index contributed by atoms with van der Waals surface area (Å²) >= 11 is 3.24. The molecule has 0 amide bonds. The maximum absolute atomic E-state index is 12.6. The number of anilines is 1. The largest absolute Gasteiger partial charge is 0.269 e. The number of hydrogen-bond donors (Lipinski definition) is 0. The molecule has 0 unspecified atom stereocenters. The van der Waals surface area contributed by atoms with Crippen molar-refractivity contribution in [3.05, 3.63) is 58.6 Å². The first kappa shape index (κ1) is 14.6. The van der Waals surface area contributed by atoms with Gasteiger partial charge >= 0.3 is 0 Å². The van der Waals surface area contributed by atoms with Crippen LogP contribution in [0, 0.1) is 11.3 Å². The van der Waals surface area contributed by atoms with Crippen LogP contribution in [-0.4, -0.2) is 15.5 Å². The van der Waals surface area contributed by atoms with Gasteiger partial charge in [-0.15, -0.1) is 0 Å². The molecule has 0 aliphatic carbocycles. The van der Waals surface area contributed by atoms with Crippen molar-refractivity contribution in [1.29, 1.82) is 5.26 Å². The SMILES string of the molecule is CN(c1cccc(C#N)c1)S(=O)(=O)c1ccccc1Br. The zero-order valence-electron chi connectivity index (χ0n) is 10.6. The lowest BCUT2D eigenvalue weighted by atomic mass is 10.2. The highest BCUT2D eigenvalue weighted by molar-refractivity contribution is 9.10. The zero-order valence-corrected chi connectivity index (χ0v) is 13.0.